The third-order valence-corrected chi connectivity index (χ3v) is 7.06. The number of hydrogen-bond donors (Lipinski definition) is 3. The number of aromatic hydroxyl groups is 1. The standard InChI is InChI=1S/C33H30N4O5/c38-27(39)15-18-35-32(41)29-31(40)26-20-24(14-13-22-8-3-1-4-9-22)33(42)37(19-16-23-10-5-2-6-11-23)30(26)28(36-29)25-12-7-17-34-21-25/h1-12,17,20-21,40H,13-16,18-19H2,(H,35,41)(H,38,39). The van der Waals surface area contributed by atoms with E-state index in [1.165, 1.54) is 0 Å². The van der Waals surface area contributed by atoms with Crippen molar-refractivity contribution in [2.75, 3.05) is 6.54 Å². The van der Waals surface area contributed by atoms with Gasteiger partial charge in [0.05, 0.1) is 17.6 Å². The van der Waals surface area contributed by atoms with Crippen LogP contribution in [0.25, 0.3) is 22.2 Å². The fourth-order valence-electron chi connectivity index (χ4n) is 4.94. The monoisotopic (exact) mass is 562 g/mol. The number of aliphatic carboxylic acids is 1. The summed E-state index contributed by atoms with van der Waals surface area (Å²) >= 11 is 0. The number of nitrogens with one attached hydrogen (secondary N) is 1. The van der Waals surface area contributed by atoms with Crippen molar-refractivity contribution in [1.29, 1.82) is 0 Å². The van der Waals surface area contributed by atoms with Gasteiger partial charge in [-0.2, -0.15) is 0 Å². The molecule has 0 aliphatic carbocycles. The summed E-state index contributed by atoms with van der Waals surface area (Å²) in [5.41, 5.74) is 3.43. The number of nitrogens with zero attached hydrogens (tertiary/aromatic N) is 3. The van der Waals surface area contributed by atoms with Gasteiger partial charge in [0.25, 0.3) is 11.5 Å². The Balaban J connectivity index is 1.69. The van der Waals surface area contributed by atoms with Crippen LogP contribution in [0.5, 0.6) is 5.75 Å². The van der Waals surface area contributed by atoms with Crippen molar-refractivity contribution in [3.05, 3.63) is 124 Å². The Morgan fingerprint density at radius 3 is 2.21 bits per heavy atom. The van der Waals surface area contributed by atoms with Gasteiger partial charge in [-0.15, -0.1) is 0 Å². The van der Waals surface area contributed by atoms with Gasteiger partial charge in [-0.25, -0.2) is 4.98 Å². The molecule has 1 amide bonds. The quantitative estimate of drug-likeness (QED) is 0.217. The number of hydrogen-bond acceptors (Lipinski definition) is 6. The van der Waals surface area contributed by atoms with E-state index in [1.807, 2.05) is 60.7 Å². The van der Waals surface area contributed by atoms with E-state index in [1.54, 1.807) is 35.2 Å². The van der Waals surface area contributed by atoms with Crippen LogP contribution < -0.4 is 10.9 Å². The van der Waals surface area contributed by atoms with E-state index in [4.69, 9.17) is 5.11 Å². The lowest BCUT2D eigenvalue weighted by atomic mass is 10.0. The highest BCUT2D eigenvalue weighted by Crippen LogP contribution is 2.34. The summed E-state index contributed by atoms with van der Waals surface area (Å²) in [4.78, 5) is 46.9. The molecule has 212 valence electrons. The van der Waals surface area contributed by atoms with Crippen LogP contribution in [0.2, 0.25) is 0 Å². The first-order valence-electron chi connectivity index (χ1n) is 13.7. The topological polar surface area (TPSA) is 134 Å². The predicted molar refractivity (Wildman–Crippen MR) is 159 cm³/mol. The van der Waals surface area contributed by atoms with Crippen LogP contribution in [0, 0.1) is 0 Å². The Morgan fingerprint density at radius 2 is 1.57 bits per heavy atom. The lowest BCUT2D eigenvalue weighted by molar-refractivity contribution is -0.136. The number of aromatic nitrogens is 3. The molecule has 0 bridgehead atoms. The van der Waals surface area contributed by atoms with Gasteiger partial charge in [-0.3, -0.25) is 19.4 Å². The molecule has 0 aliphatic rings. The molecule has 0 fully saturated rings. The van der Waals surface area contributed by atoms with E-state index in [2.05, 4.69) is 15.3 Å². The fraction of sp³-hybridized carbons (Fsp3) is 0.182. The summed E-state index contributed by atoms with van der Waals surface area (Å²) in [7, 11) is 0. The van der Waals surface area contributed by atoms with Crippen molar-refractivity contribution >= 4 is 22.8 Å². The van der Waals surface area contributed by atoms with E-state index in [9.17, 15) is 19.5 Å². The minimum Gasteiger partial charge on any atom is -0.505 e. The normalized spacial score (nSPS) is 11.0. The number of carbonyl (C=O) groups is 2. The Morgan fingerprint density at radius 1 is 0.881 bits per heavy atom. The molecule has 0 unspecified atom stereocenters. The zero-order chi connectivity index (χ0) is 29.5. The average Bonchev–Trinajstić information content (AvgIpc) is 3.01. The van der Waals surface area contributed by atoms with Crippen LogP contribution in [0.4, 0.5) is 0 Å². The number of rotatable bonds is 11. The van der Waals surface area contributed by atoms with Gasteiger partial charge in [-0.05, 0) is 48.6 Å². The number of carbonyl (C=O) groups excluding carboxylic acids is 1. The summed E-state index contributed by atoms with van der Waals surface area (Å²) < 4.78 is 1.63. The zero-order valence-corrected chi connectivity index (χ0v) is 22.9. The van der Waals surface area contributed by atoms with Gasteiger partial charge >= 0.3 is 5.97 Å². The van der Waals surface area contributed by atoms with Crippen LogP contribution in [-0.4, -0.2) is 43.2 Å². The summed E-state index contributed by atoms with van der Waals surface area (Å²) in [6.07, 6.45) is 4.51. The number of benzene rings is 2. The number of fused-ring (bicyclic) bond motifs is 1. The SMILES string of the molecule is O=C(O)CCNC(=O)c1nc(-c2cccnc2)c2c(cc(CCc3ccccc3)c(=O)n2CCc2ccccc2)c1O. The molecule has 9 heteroatoms. The Kier molecular flexibility index (Phi) is 8.67. The van der Waals surface area contributed by atoms with Crippen molar-refractivity contribution in [3.8, 4) is 17.0 Å². The van der Waals surface area contributed by atoms with Gasteiger partial charge in [0.15, 0.2) is 11.4 Å². The Bertz CT molecular complexity index is 1770. The minimum atomic E-state index is -1.06. The minimum absolute atomic E-state index is 0.131. The number of amides is 1. The molecule has 9 nitrogen and oxygen atoms in total. The maximum absolute atomic E-state index is 14.0. The molecular formula is C33H30N4O5. The molecule has 3 N–H and O–H groups in total. The zero-order valence-electron chi connectivity index (χ0n) is 22.9. The second-order valence-electron chi connectivity index (χ2n) is 9.91. The van der Waals surface area contributed by atoms with E-state index in [0.29, 0.717) is 53.5 Å². The first-order chi connectivity index (χ1) is 20.4. The number of carboxylic acids is 1. The number of carboxylic acid groups (broad SMARTS) is 1. The van der Waals surface area contributed by atoms with Crippen LogP contribution in [0.15, 0.2) is 96.1 Å². The maximum Gasteiger partial charge on any atom is 0.305 e. The predicted octanol–water partition coefficient (Wildman–Crippen LogP) is 4.40. The fourth-order valence-corrected chi connectivity index (χ4v) is 4.94. The smallest absolute Gasteiger partial charge is 0.305 e. The molecule has 0 saturated carbocycles. The maximum atomic E-state index is 14.0. The first kappa shape index (κ1) is 28.2. The Hall–Kier alpha value is -5.31. The molecule has 5 rings (SSSR count). The second-order valence-corrected chi connectivity index (χ2v) is 9.91. The van der Waals surface area contributed by atoms with Crippen LogP contribution in [0.1, 0.15) is 33.6 Å². The van der Waals surface area contributed by atoms with E-state index in [0.717, 1.165) is 11.1 Å². The molecule has 42 heavy (non-hydrogen) atoms. The summed E-state index contributed by atoms with van der Waals surface area (Å²) in [5, 5.41) is 23.3. The van der Waals surface area contributed by atoms with Crippen LogP contribution in [0.3, 0.4) is 0 Å². The van der Waals surface area contributed by atoms with Crippen molar-refractivity contribution in [2.45, 2.75) is 32.2 Å². The van der Waals surface area contributed by atoms with Crippen molar-refractivity contribution in [1.82, 2.24) is 19.9 Å². The highest BCUT2D eigenvalue weighted by atomic mass is 16.4. The molecule has 2 aromatic carbocycles. The van der Waals surface area contributed by atoms with Gasteiger partial charge in [0.1, 0.15) is 0 Å². The highest BCUT2D eigenvalue weighted by molar-refractivity contribution is 6.05. The molecule has 0 radical (unpaired) electrons. The van der Waals surface area contributed by atoms with E-state index in [-0.39, 0.29) is 30.0 Å². The van der Waals surface area contributed by atoms with Gasteiger partial charge < -0.3 is 20.1 Å². The van der Waals surface area contributed by atoms with Crippen molar-refractivity contribution in [3.63, 3.8) is 0 Å². The molecule has 5 aromatic rings. The molecule has 0 saturated heterocycles. The molecule has 0 aliphatic heterocycles. The Labute approximate surface area is 242 Å². The average molecular weight is 563 g/mol. The molecule has 0 atom stereocenters. The summed E-state index contributed by atoms with van der Waals surface area (Å²) in [6.45, 7) is 0.186. The third-order valence-electron chi connectivity index (χ3n) is 7.06. The number of aryl methyl sites for hydroxylation is 4. The molecule has 3 heterocycles. The molecular weight excluding hydrogens is 532 g/mol. The van der Waals surface area contributed by atoms with Gasteiger partial charge in [0, 0.05) is 42.0 Å². The molecule has 3 aromatic heterocycles. The van der Waals surface area contributed by atoms with Crippen molar-refractivity contribution in [2.24, 2.45) is 0 Å². The van der Waals surface area contributed by atoms with Gasteiger partial charge in [-0.1, -0.05) is 60.7 Å². The second kappa shape index (κ2) is 12.9. The highest BCUT2D eigenvalue weighted by Gasteiger charge is 2.24. The van der Waals surface area contributed by atoms with E-state index >= 15 is 0 Å². The summed E-state index contributed by atoms with van der Waals surface area (Å²) in [5.74, 6) is -2.15. The van der Waals surface area contributed by atoms with Crippen molar-refractivity contribution < 1.29 is 19.8 Å². The summed E-state index contributed by atoms with van der Waals surface area (Å²) in [6, 6.07) is 24.8. The third kappa shape index (κ3) is 6.36. The van der Waals surface area contributed by atoms with E-state index < -0.39 is 11.9 Å². The lowest BCUT2D eigenvalue weighted by Crippen LogP contribution is -2.29. The lowest BCUT2D eigenvalue weighted by Gasteiger charge is -2.19. The van der Waals surface area contributed by atoms with Crippen LogP contribution >= 0.6 is 0 Å². The van der Waals surface area contributed by atoms with Crippen LogP contribution in [-0.2, 0) is 30.6 Å². The number of pyridine rings is 3. The first-order valence-corrected chi connectivity index (χ1v) is 13.7. The largest absolute Gasteiger partial charge is 0.505 e. The van der Waals surface area contributed by atoms with Gasteiger partial charge in [0.2, 0.25) is 0 Å². The molecule has 0 spiro atoms.